The number of benzene rings is 1. The molecule has 3 heteroatoms. The van der Waals surface area contributed by atoms with Crippen molar-refractivity contribution in [1.29, 1.82) is 0 Å². The van der Waals surface area contributed by atoms with Gasteiger partial charge in [-0.3, -0.25) is 9.67 Å². The summed E-state index contributed by atoms with van der Waals surface area (Å²) in [6.45, 7) is 6.45. The monoisotopic (exact) mass is 265 g/mol. The zero-order valence-electron chi connectivity index (χ0n) is 12.4. The zero-order valence-corrected chi connectivity index (χ0v) is 12.4. The lowest BCUT2D eigenvalue weighted by molar-refractivity contribution is 0.783. The average Bonchev–Trinajstić information content (AvgIpc) is 2.74. The molecule has 1 aromatic carbocycles. The van der Waals surface area contributed by atoms with Crippen molar-refractivity contribution < 1.29 is 0 Å². The predicted molar refractivity (Wildman–Crippen MR) is 82.8 cm³/mol. The van der Waals surface area contributed by atoms with E-state index in [4.69, 9.17) is 0 Å². The van der Waals surface area contributed by atoms with Gasteiger partial charge in [0, 0.05) is 24.2 Å². The summed E-state index contributed by atoms with van der Waals surface area (Å²) in [4.78, 5) is 4.51. The fourth-order valence-electron chi connectivity index (χ4n) is 2.56. The van der Waals surface area contributed by atoms with Crippen molar-refractivity contribution in [3.63, 3.8) is 0 Å². The van der Waals surface area contributed by atoms with E-state index in [0.717, 1.165) is 22.5 Å². The molecule has 20 heavy (non-hydrogen) atoms. The van der Waals surface area contributed by atoms with Gasteiger partial charge < -0.3 is 0 Å². The molecule has 3 nitrogen and oxygen atoms in total. The van der Waals surface area contributed by atoms with E-state index in [1.165, 1.54) is 10.9 Å². The van der Waals surface area contributed by atoms with Gasteiger partial charge in [-0.2, -0.15) is 5.10 Å². The lowest BCUT2D eigenvalue weighted by Gasteiger charge is -2.08. The number of hydrogen-bond donors (Lipinski definition) is 0. The maximum absolute atomic E-state index is 4.51. The predicted octanol–water partition coefficient (Wildman–Crippen LogP) is 4.07. The van der Waals surface area contributed by atoms with Crippen LogP contribution in [-0.4, -0.2) is 14.8 Å². The zero-order chi connectivity index (χ0) is 14.3. The molecule has 2 heterocycles. The van der Waals surface area contributed by atoms with Crippen LogP contribution in [0.3, 0.4) is 0 Å². The minimum Gasteiger partial charge on any atom is -0.268 e. The molecule has 0 spiro atoms. The topological polar surface area (TPSA) is 30.7 Å². The molecule has 0 bridgehead atoms. The number of fused-ring (bicyclic) bond motifs is 1. The lowest BCUT2D eigenvalue weighted by Crippen LogP contribution is -1.91. The minimum absolute atomic E-state index is 0.514. The van der Waals surface area contributed by atoms with Gasteiger partial charge in [-0.25, -0.2) is 0 Å². The molecular weight excluding hydrogens is 246 g/mol. The fraction of sp³-hybridized carbons (Fsp3) is 0.294. The highest BCUT2D eigenvalue weighted by Gasteiger charge is 2.08. The second-order valence-electron chi connectivity index (χ2n) is 5.57. The lowest BCUT2D eigenvalue weighted by atomic mass is 10.0. The van der Waals surface area contributed by atoms with Gasteiger partial charge in [0.2, 0.25) is 0 Å². The first-order valence-electron chi connectivity index (χ1n) is 6.96. The molecule has 0 radical (unpaired) electrons. The van der Waals surface area contributed by atoms with Gasteiger partial charge in [-0.1, -0.05) is 19.9 Å². The first-order valence-corrected chi connectivity index (χ1v) is 6.96. The van der Waals surface area contributed by atoms with Crippen LogP contribution in [-0.2, 0) is 7.05 Å². The molecule has 0 unspecified atom stereocenters. The standard InChI is InChI=1S/C17H19N3/c1-11(2)13-7-8-18-16(10-13)14-5-6-17-15(9-14)12(3)19-20(17)4/h5-11H,1-4H3. The molecule has 3 rings (SSSR count). The Kier molecular flexibility index (Phi) is 3.05. The highest BCUT2D eigenvalue weighted by atomic mass is 15.3. The number of aromatic nitrogens is 3. The molecule has 0 aliphatic rings. The molecule has 0 N–H and O–H groups in total. The smallest absolute Gasteiger partial charge is 0.0705 e. The Hall–Kier alpha value is -2.16. The van der Waals surface area contributed by atoms with Crippen LogP contribution in [0.15, 0.2) is 36.5 Å². The Labute approximate surface area is 119 Å². The molecule has 0 aliphatic carbocycles. The molecule has 0 saturated heterocycles. The Balaban J connectivity index is 2.14. The third-order valence-corrected chi connectivity index (χ3v) is 3.78. The van der Waals surface area contributed by atoms with Crippen molar-refractivity contribution in [1.82, 2.24) is 14.8 Å². The normalized spacial score (nSPS) is 11.4. The third-order valence-electron chi connectivity index (χ3n) is 3.78. The summed E-state index contributed by atoms with van der Waals surface area (Å²) in [6, 6.07) is 10.7. The van der Waals surface area contributed by atoms with Crippen LogP contribution in [0, 0.1) is 6.92 Å². The first-order chi connectivity index (χ1) is 9.56. The average molecular weight is 265 g/mol. The summed E-state index contributed by atoms with van der Waals surface area (Å²) < 4.78 is 1.92. The number of aryl methyl sites for hydroxylation is 2. The summed E-state index contributed by atoms with van der Waals surface area (Å²) in [6.07, 6.45) is 1.89. The highest BCUT2D eigenvalue weighted by Crippen LogP contribution is 2.26. The summed E-state index contributed by atoms with van der Waals surface area (Å²) in [5, 5.41) is 5.66. The third kappa shape index (κ3) is 2.09. The van der Waals surface area contributed by atoms with Gasteiger partial charge in [-0.05, 0) is 42.7 Å². The van der Waals surface area contributed by atoms with Crippen molar-refractivity contribution in [3.05, 3.63) is 47.8 Å². The van der Waals surface area contributed by atoms with Crippen LogP contribution in [0.25, 0.3) is 22.2 Å². The summed E-state index contributed by atoms with van der Waals surface area (Å²) >= 11 is 0. The summed E-state index contributed by atoms with van der Waals surface area (Å²) in [5.41, 5.74) is 5.71. The second kappa shape index (κ2) is 4.75. The molecule has 102 valence electrons. The van der Waals surface area contributed by atoms with Gasteiger partial charge >= 0.3 is 0 Å². The van der Waals surface area contributed by atoms with Crippen LogP contribution in [0.4, 0.5) is 0 Å². The van der Waals surface area contributed by atoms with E-state index in [1.807, 2.05) is 24.9 Å². The van der Waals surface area contributed by atoms with E-state index in [-0.39, 0.29) is 0 Å². The highest BCUT2D eigenvalue weighted by molar-refractivity contribution is 5.86. The second-order valence-corrected chi connectivity index (χ2v) is 5.57. The van der Waals surface area contributed by atoms with Crippen LogP contribution >= 0.6 is 0 Å². The van der Waals surface area contributed by atoms with Crippen molar-refractivity contribution >= 4 is 10.9 Å². The Morgan fingerprint density at radius 1 is 1.10 bits per heavy atom. The minimum atomic E-state index is 0.514. The SMILES string of the molecule is Cc1nn(C)c2ccc(-c3cc(C(C)C)ccn3)cc12. The quantitative estimate of drug-likeness (QED) is 0.699. The fourth-order valence-corrected chi connectivity index (χ4v) is 2.56. The largest absolute Gasteiger partial charge is 0.268 e. The van der Waals surface area contributed by atoms with Crippen LogP contribution in [0.1, 0.15) is 31.0 Å². The first kappa shape index (κ1) is 12.9. The van der Waals surface area contributed by atoms with E-state index in [9.17, 15) is 0 Å². The van der Waals surface area contributed by atoms with Gasteiger partial charge in [-0.15, -0.1) is 0 Å². The van der Waals surface area contributed by atoms with Gasteiger partial charge in [0.25, 0.3) is 0 Å². The van der Waals surface area contributed by atoms with E-state index >= 15 is 0 Å². The van der Waals surface area contributed by atoms with E-state index < -0.39 is 0 Å². The number of nitrogens with zero attached hydrogens (tertiary/aromatic N) is 3. The van der Waals surface area contributed by atoms with Gasteiger partial charge in [0.05, 0.1) is 16.9 Å². The van der Waals surface area contributed by atoms with Crippen molar-refractivity contribution in [2.45, 2.75) is 26.7 Å². The molecular formula is C17H19N3. The van der Waals surface area contributed by atoms with Gasteiger partial charge in [0.1, 0.15) is 0 Å². The summed E-state index contributed by atoms with van der Waals surface area (Å²) in [7, 11) is 1.98. The molecule has 0 fully saturated rings. The molecule has 0 amide bonds. The van der Waals surface area contributed by atoms with Crippen LogP contribution in [0.5, 0.6) is 0 Å². The maximum atomic E-state index is 4.51. The molecule has 2 aromatic heterocycles. The van der Waals surface area contributed by atoms with Crippen molar-refractivity contribution in [2.75, 3.05) is 0 Å². The van der Waals surface area contributed by atoms with Crippen molar-refractivity contribution in [2.24, 2.45) is 7.05 Å². The Bertz CT molecular complexity index is 769. The van der Waals surface area contributed by atoms with Gasteiger partial charge in [0.15, 0.2) is 0 Å². The van der Waals surface area contributed by atoms with Crippen molar-refractivity contribution in [3.8, 4) is 11.3 Å². The van der Waals surface area contributed by atoms with Crippen LogP contribution < -0.4 is 0 Å². The molecule has 0 saturated carbocycles. The molecule has 0 aliphatic heterocycles. The Morgan fingerprint density at radius 3 is 2.65 bits per heavy atom. The number of rotatable bonds is 2. The summed E-state index contributed by atoms with van der Waals surface area (Å²) in [5.74, 6) is 0.514. The maximum Gasteiger partial charge on any atom is 0.0705 e. The number of pyridine rings is 1. The number of hydrogen-bond acceptors (Lipinski definition) is 2. The van der Waals surface area contributed by atoms with Crippen LogP contribution in [0.2, 0.25) is 0 Å². The molecule has 0 atom stereocenters. The Morgan fingerprint density at radius 2 is 1.90 bits per heavy atom. The van der Waals surface area contributed by atoms with E-state index in [1.54, 1.807) is 0 Å². The van der Waals surface area contributed by atoms with E-state index in [0.29, 0.717) is 5.92 Å². The molecule has 3 aromatic rings. The van der Waals surface area contributed by atoms with E-state index in [2.05, 4.69) is 54.3 Å².